The SMILES string of the molecule is CC(C)CNc1nnc(SCC(=O)N[C@@H](C)c2cc3ccccc3o2)s1. The summed E-state index contributed by atoms with van der Waals surface area (Å²) in [5.74, 6) is 1.53. The summed E-state index contributed by atoms with van der Waals surface area (Å²) in [7, 11) is 0. The van der Waals surface area contributed by atoms with E-state index in [1.807, 2.05) is 37.3 Å². The molecule has 26 heavy (non-hydrogen) atoms. The highest BCUT2D eigenvalue weighted by atomic mass is 32.2. The van der Waals surface area contributed by atoms with Crippen molar-refractivity contribution in [2.45, 2.75) is 31.2 Å². The number of rotatable bonds is 8. The Bertz CT molecular complexity index is 842. The van der Waals surface area contributed by atoms with Gasteiger partial charge in [-0.1, -0.05) is 55.1 Å². The first-order chi connectivity index (χ1) is 12.5. The van der Waals surface area contributed by atoms with Crippen molar-refractivity contribution in [2.24, 2.45) is 5.92 Å². The number of thioether (sulfide) groups is 1. The summed E-state index contributed by atoms with van der Waals surface area (Å²) in [5.41, 5.74) is 0.827. The molecule has 3 rings (SSSR count). The minimum Gasteiger partial charge on any atom is -0.459 e. The molecule has 8 heteroatoms. The van der Waals surface area contributed by atoms with Crippen LogP contribution in [0.3, 0.4) is 0 Å². The number of hydrogen-bond acceptors (Lipinski definition) is 7. The Balaban J connectivity index is 1.49. The fraction of sp³-hybridized carbons (Fsp3) is 0.389. The van der Waals surface area contributed by atoms with Crippen LogP contribution in [0.15, 0.2) is 39.1 Å². The Labute approximate surface area is 160 Å². The van der Waals surface area contributed by atoms with E-state index >= 15 is 0 Å². The summed E-state index contributed by atoms with van der Waals surface area (Å²) >= 11 is 2.85. The van der Waals surface area contributed by atoms with Crippen molar-refractivity contribution in [3.8, 4) is 0 Å². The van der Waals surface area contributed by atoms with E-state index in [1.54, 1.807) is 0 Å². The summed E-state index contributed by atoms with van der Waals surface area (Å²) in [4.78, 5) is 12.2. The number of hydrogen-bond donors (Lipinski definition) is 2. The van der Waals surface area contributed by atoms with Gasteiger partial charge in [-0.3, -0.25) is 4.79 Å². The number of amides is 1. The second-order valence-electron chi connectivity index (χ2n) is 6.41. The topological polar surface area (TPSA) is 80.0 Å². The molecule has 0 unspecified atom stereocenters. The van der Waals surface area contributed by atoms with Gasteiger partial charge in [0.25, 0.3) is 0 Å². The number of para-hydroxylation sites is 1. The number of nitrogens with zero attached hydrogens (tertiary/aromatic N) is 2. The minimum absolute atomic E-state index is 0.0603. The van der Waals surface area contributed by atoms with Crippen molar-refractivity contribution in [3.05, 3.63) is 36.1 Å². The van der Waals surface area contributed by atoms with Crippen LogP contribution in [0.4, 0.5) is 5.13 Å². The van der Waals surface area contributed by atoms with Gasteiger partial charge >= 0.3 is 0 Å². The Morgan fingerprint density at radius 1 is 1.27 bits per heavy atom. The van der Waals surface area contributed by atoms with Crippen LogP contribution in [-0.4, -0.2) is 28.4 Å². The maximum atomic E-state index is 12.2. The number of carbonyl (C=O) groups is 1. The Morgan fingerprint density at radius 3 is 2.85 bits per heavy atom. The lowest BCUT2D eigenvalue weighted by Gasteiger charge is -2.10. The first-order valence-electron chi connectivity index (χ1n) is 8.49. The number of carbonyl (C=O) groups excluding carboxylic acids is 1. The highest BCUT2D eigenvalue weighted by molar-refractivity contribution is 8.01. The number of fused-ring (bicyclic) bond motifs is 1. The molecule has 0 aliphatic carbocycles. The van der Waals surface area contributed by atoms with E-state index in [4.69, 9.17) is 4.42 Å². The van der Waals surface area contributed by atoms with Crippen molar-refractivity contribution in [1.82, 2.24) is 15.5 Å². The molecule has 1 aromatic carbocycles. The Hall–Kier alpha value is -2.06. The molecule has 0 radical (unpaired) electrons. The van der Waals surface area contributed by atoms with Crippen LogP contribution in [0.2, 0.25) is 0 Å². The fourth-order valence-electron chi connectivity index (χ4n) is 2.33. The molecule has 0 spiro atoms. The molecule has 0 saturated heterocycles. The quantitative estimate of drug-likeness (QED) is 0.558. The van der Waals surface area contributed by atoms with Crippen LogP contribution in [0, 0.1) is 5.92 Å². The molecular formula is C18H22N4O2S2. The molecule has 0 aliphatic rings. The molecule has 2 heterocycles. The molecule has 1 atom stereocenters. The molecule has 2 aromatic heterocycles. The standard InChI is InChI=1S/C18H22N4O2S2/c1-11(2)9-19-17-21-22-18(26-17)25-10-16(23)20-12(3)15-8-13-6-4-5-7-14(13)24-15/h4-8,11-12H,9-10H2,1-3H3,(H,19,21)(H,20,23)/t12-/m0/s1. The number of aromatic nitrogens is 2. The van der Waals surface area contributed by atoms with Gasteiger partial charge in [-0.2, -0.15) is 0 Å². The lowest BCUT2D eigenvalue weighted by Crippen LogP contribution is -2.27. The van der Waals surface area contributed by atoms with Crippen LogP contribution >= 0.6 is 23.1 Å². The van der Waals surface area contributed by atoms with Gasteiger partial charge in [0.2, 0.25) is 11.0 Å². The highest BCUT2D eigenvalue weighted by Crippen LogP contribution is 2.26. The van der Waals surface area contributed by atoms with Gasteiger partial charge in [-0.25, -0.2) is 0 Å². The summed E-state index contributed by atoms with van der Waals surface area (Å²) in [6, 6.07) is 9.59. The normalized spacial score (nSPS) is 12.5. The predicted molar refractivity (Wildman–Crippen MR) is 107 cm³/mol. The van der Waals surface area contributed by atoms with Gasteiger partial charge in [0.05, 0.1) is 11.8 Å². The van der Waals surface area contributed by atoms with Gasteiger partial charge in [0.1, 0.15) is 11.3 Å². The molecule has 1 amide bonds. The molecule has 0 fully saturated rings. The summed E-state index contributed by atoms with van der Waals surface area (Å²) in [6.07, 6.45) is 0. The first-order valence-corrected chi connectivity index (χ1v) is 10.3. The zero-order valence-electron chi connectivity index (χ0n) is 15.0. The van der Waals surface area contributed by atoms with Gasteiger partial charge in [0.15, 0.2) is 4.34 Å². The van der Waals surface area contributed by atoms with Crippen LogP contribution in [0.5, 0.6) is 0 Å². The van der Waals surface area contributed by atoms with E-state index < -0.39 is 0 Å². The van der Waals surface area contributed by atoms with Gasteiger partial charge in [-0.05, 0) is 25.0 Å². The molecule has 0 aliphatic heterocycles. The average molecular weight is 391 g/mol. The lowest BCUT2D eigenvalue weighted by molar-refractivity contribution is -0.119. The monoisotopic (exact) mass is 390 g/mol. The van der Waals surface area contributed by atoms with Crippen LogP contribution in [0.25, 0.3) is 11.0 Å². The van der Waals surface area contributed by atoms with Crippen LogP contribution in [0.1, 0.15) is 32.6 Å². The van der Waals surface area contributed by atoms with E-state index in [1.165, 1.54) is 23.1 Å². The van der Waals surface area contributed by atoms with Crippen molar-refractivity contribution >= 4 is 45.1 Å². The first kappa shape index (κ1) is 18.7. The summed E-state index contributed by atoms with van der Waals surface area (Å²) < 4.78 is 6.57. The molecular weight excluding hydrogens is 368 g/mol. The Morgan fingerprint density at radius 2 is 2.08 bits per heavy atom. The lowest BCUT2D eigenvalue weighted by atomic mass is 10.2. The van der Waals surface area contributed by atoms with E-state index in [-0.39, 0.29) is 11.9 Å². The average Bonchev–Trinajstić information content (AvgIpc) is 3.24. The predicted octanol–water partition coefficient (Wildman–Crippen LogP) is 4.32. The molecule has 6 nitrogen and oxygen atoms in total. The number of anilines is 1. The fourth-order valence-corrected chi connectivity index (χ4v) is 3.90. The Kier molecular flexibility index (Phi) is 6.16. The minimum atomic E-state index is -0.187. The van der Waals surface area contributed by atoms with Crippen LogP contribution in [-0.2, 0) is 4.79 Å². The van der Waals surface area contributed by atoms with E-state index in [0.717, 1.165) is 32.7 Å². The molecule has 0 bridgehead atoms. The molecule has 3 aromatic rings. The summed E-state index contributed by atoms with van der Waals surface area (Å²) in [6.45, 7) is 7.04. The highest BCUT2D eigenvalue weighted by Gasteiger charge is 2.15. The van der Waals surface area contributed by atoms with E-state index in [2.05, 4.69) is 34.7 Å². The second-order valence-corrected chi connectivity index (χ2v) is 8.61. The number of nitrogens with one attached hydrogen (secondary N) is 2. The zero-order valence-corrected chi connectivity index (χ0v) is 16.6. The number of benzene rings is 1. The third kappa shape index (κ3) is 4.98. The van der Waals surface area contributed by atoms with E-state index in [9.17, 15) is 4.79 Å². The maximum Gasteiger partial charge on any atom is 0.231 e. The van der Waals surface area contributed by atoms with Crippen molar-refractivity contribution < 1.29 is 9.21 Å². The largest absolute Gasteiger partial charge is 0.459 e. The van der Waals surface area contributed by atoms with Crippen LogP contribution < -0.4 is 10.6 Å². The van der Waals surface area contributed by atoms with Gasteiger partial charge in [0, 0.05) is 11.9 Å². The summed E-state index contributed by atoms with van der Waals surface area (Å²) in [5, 5.41) is 16.2. The molecule has 2 N–H and O–H groups in total. The molecule has 0 saturated carbocycles. The van der Waals surface area contributed by atoms with Gasteiger partial charge in [-0.15, -0.1) is 10.2 Å². The number of furan rings is 1. The third-order valence-electron chi connectivity index (χ3n) is 3.64. The van der Waals surface area contributed by atoms with Crippen molar-refractivity contribution in [2.75, 3.05) is 17.6 Å². The van der Waals surface area contributed by atoms with Gasteiger partial charge < -0.3 is 15.1 Å². The van der Waals surface area contributed by atoms with Crippen molar-refractivity contribution in [3.63, 3.8) is 0 Å². The third-order valence-corrected chi connectivity index (χ3v) is 5.66. The van der Waals surface area contributed by atoms with E-state index in [0.29, 0.717) is 11.7 Å². The van der Waals surface area contributed by atoms with Crippen molar-refractivity contribution in [1.29, 1.82) is 0 Å². The second kappa shape index (κ2) is 8.55. The smallest absolute Gasteiger partial charge is 0.231 e. The molecule has 138 valence electrons. The zero-order chi connectivity index (χ0) is 18.5. The maximum absolute atomic E-state index is 12.2.